The second kappa shape index (κ2) is 5.39. The monoisotopic (exact) mass is 197 g/mol. The summed E-state index contributed by atoms with van der Waals surface area (Å²) in [5, 5.41) is 6.77. The summed E-state index contributed by atoms with van der Waals surface area (Å²) in [6.07, 6.45) is 1.78. The van der Waals surface area contributed by atoms with Gasteiger partial charge in [-0.2, -0.15) is 5.10 Å². The molecule has 1 heterocycles. The number of rotatable bonds is 5. The van der Waals surface area contributed by atoms with Crippen molar-refractivity contribution in [2.75, 3.05) is 20.3 Å². The van der Waals surface area contributed by atoms with Crippen LogP contribution >= 0.6 is 0 Å². The fourth-order valence-corrected chi connectivity index (χ4v) is 1.02. The summed E-state index contributed by atoms with van der Waals surface area (Å²) in [4.78, 5) is 11.4. The van der Waals surface area contributed by atoms with E-state index in [9.17, 15) is 4.79 Å². The van der Waals surface area contributed by atoms with Crippen LogP contribution in [0.1, 0.15) is 17.4 Å². The maximum absolute atomic E-state index is 11.4. The van der Waals surface area contributed by atoms with Gasteiger partial charge < -0.3 is 10.1 Å². The first kappa shape index (κ1) is 10.7. The summed E-state index contributed by atoms with van der Waals surface area (Å²) in [7, 11) is 1.60. The van der Waals surface area contributed by atoms with E-state index in [1.807, 2.05) is 6.92 Å². The zero-order valence-electron chi connectivity index (χ0n) is 8.49. The number of nitrogens with zero attached hydrogens (tertiary/aromatic N) is 2. The van der Waals surface area contributed by atoms with Crippen LogP contribution in [0.2, 0.25) is 0 Å². The highest BCUT2D eigenvalue weighted by molar-refractivity contribution is 5.92. The smallest absolute Gasteiger partial charge is 0.271 e. The minimum atomic E-state index is -0.158. The zero-order chi connectivity index (χ0) is 10.4. The van der Waals surface area contributed by atoms with E-state index in [0.717, 1.165) is 6.54 Å². The van der Waals surface area contributed by atoms with Crippen LogP contribution in [0, 0.1) is 0 Å². The molecule has 1 rings (SSSR count). The standard InChI is InChI=1S/C9H15N3O2/c1-3-12-6-4-8(11-12)9(13)10-5-7-14-2/h4,6H,3,5,7H2,1-2H3,(H,10,13). The minimum Gasteiger partial charge on any atom is -0.383 e. The SMILES string of the molecule is CCn1ccc(C(=O)NCCOC)n1. The van der Waals surface area contributed by atoms with Crippen LogP contribution in [0.3, 0.4) is 0 Å². The largest absolute Gasteiger partial charge is 0.383 e. The fourth-order valence-electron chi connectivity index (χ4n) is 1.02. The van der Waals surface area contributed by atoms with E-state index >= 15 is 0 Å². The number of carbonyl (C=O) groups excluding carboxylic acids is 1. The topological polar surface area (TPSA) is 56.2 Å². The molecule has 1 N–H and O–H groups in total. The molecule has 0 unspecified atom stereocenters. The van der Waals surface area contributed by atoms with Crippen LogP contribution in [0.4, 0.5) is 0 Å². The maximum Gasteiger partial charge on any atom is 0.271 e. The number of methoxy groups -OCH3 is 1. The van der Waals surface area contributed by atoms with Gasteiger partial charge in [0.15, 0.2) is 0 Å². The molecule has 0 spiro atoms. The molecule has 0 saturated carbocycles. The maximum atomic E-state index is 11.4. The van der Waals surface area contributed by atoms with Crippen LogP contribution in [0.5, 0.6) is 0 Å². The van der Waals surface area contributed by atoms with Crippen molar-refractivity contribution in [2.45, 2.75) is 13.5 Å². The first-order valence-corrected chi connectivity index (χ1v) is 4.58. The molecule has 5 nitrogen and oxygen atoms in total. The summed E-state index contributed by atoms with van der Waals surface area (Å²) in [5.74, 6) is -0.158. The van der Waals surface area contributed by atoms with Crippen molar-refractivity contribution in [1.29, 1.82) is 0 Å². The quantitative estimate of drug-likeness (QED) is 0.690. The summed E-state index contributed by atoms with van der Waals surface area (Å²) in [6.45, 7) is 3.76. The molecular formula is C9H15N3O2. The normalized spacial score (nSPS) is 10.1. The third-order valence-electron chi connectivity index (χ3n) is 1.79. The molecule has 0 aliphatic heterocycles. The van der Waals surface area contributed by atoms with Gasteiger partial charge in [-0.1, -0.05) is 0 Å². The Morgan fingerprint density at radius 2 is 2.50 bits per heavy atom. The van der Waals surface area contributed by atoms with E-state index in [2.05, 4.69) is 10.4 Å². The molecular weight excluding hydrogens is 182 g/mol. The molecule has 0 fully saturated rings. The second-order valence-corrected chi connectivity index (χ2v) is 2.81. The van der Waals surface area contributed by atoms with E-state index in [-0.39, 0.29) is 5.91 Å². The lowest BCUT2D eigenvalue weighted by atomic mass is 10.4. The number of amides is 1. The van der Waals surface area contributed by atoms with Gasteiger partial charge in [0.1, 0.15) is 5.69 Å². The van der Waals surface area contributed by atoms with E-state index in [0.29, 0.717) is 18.8 Å². The summed E-state index contributed by atoms with van der Waals surface area (Å²) >= 11 is 0. The van der Waals surface area contributed by atoms with Gasteiger partial charge in [0.05, 0.1) is 6.61 Å². The van der Waals surface area contributed by atoms with Crippen LogP contribution in [0.25, 0.3) is 0 Å². The molecule has 0 aromatic carbocycles. The van der Waals surface area contributed by atoms with Crippen molar-refractivity contribution >= 4 is 5.91 Å². The molecule has 0 radical (unpaired) electrons. The first-order chi connectivity index (χ1) is 6.77. The van der Waals surface area contributed by atoms with Gasteiger partial charge in [-0.25, -0.2) is 0 Å². The van der Waals surface area contributed by atoms with Crippen molar-refractivity contribution in [3.63, 3.8) is 0 Å². The molecule has 78 valence electrons. The van der Waals surface area contributed by atoms with Crippen molar-refractivity contribution in [3.8, 4) is 0 Å². The number of carbonyl (C=O) groups is 1. The third-order valence-corrected chi connectivity index (χ3v) is 1.79. The molecule has 0 aliphatic carbocycles. The zero-order valence-corrected chi connectivity index (χ0v) is 8.49. The number of aromatic nitrogens is 2. The van der Waals surface area contributed by atoms with Crippen molar-refractivity contribution in [1.82, 2.24) is 15.1 Å². The van der Waals surface area contributed by atoms with Crippen molar-refractivity contribution in [3.05, 3.63) is 18.0 Å². The summed E-state index contributed by atoms with van der Waals surface area (Å²) in [6, 6.07) is 1.70. The number of hydrogen-bond donors (Lipinski definition) is 1. The lowest BCUT2D eigenvalue weighted by Gasteiger charge is -2.01. The molecule has 14 heavy (non-hydrogen) atoms. The van der Waals surface area contributed by atoms with Crippen molar-refractivity contribution < 1.29 is 9.53 Å². The molecule has 1 aromatic heterocycles. The summed E-state index contributed by atoms with van der Waals surface area (Å²) in [5.41, 5.74) is 0.447. The Kier molecular flexibility index (Phi) is 4.12. The third kappa shape index (κ3) is 2.85. The Morgan fingerprint density at radius 3 is 3.07 bits per heavy atom. The Hall–Kier alpha value is -1.36. The highest BCUT2D eigenvalue weighted by Gasteiger charge is 2.07. The predicted octanol–water partition coefficient (Wildman–Crippen LogP) is 0.279. The van der Waals surface area contributed by atoms with Gasteiger partial charge in [-0.3, -0.25) is 9.48 Å². The predicted molar refractivity (Wildman–Crippen MR) is 52.1 cm³/mol. The number of aryl methyl sites for hydroxylation is 1. The lowest BCUT2D eigenvalue weighted by Crippen LogP contribution is -2.27. The average Bonchev–Trinajstić information content (AvgIpc) is 2.66. The molecule has 0 aliphatic rings. The molecule has 5 heteroatoms. The van der Waals surface area contributed by atoms with E-state index in [1.54, 1.807) is 24.1 Å². The Labute approximate surface area is 83.1 Å². The van der Waals surface area contributed by atoms with Crippen LogP contribution in [-0.2, 0) is 11.3 Å². The highest BCUT2D eigenvalue weighted by Crippen LogP contribution is 1.94. The van der Waals surface area contributed by atoms with Crippen LogP contribution in [-0.4, -0.2) is 35.9 Å². The molecule has 0 atom stereocenters. The Bertz CT molecular complexity index is 296. The van der Waals surface area contributed by atoms with Crippen molar-refractivity contribution in [2.24, 2.45) is 0 Å². The number of ether oxygens (including phenoxy) is 1. The van der Waals surface area contributed by atoms with Gasteiger partial charge in [0, 0.05) is 26.4 Å². The lowest BCUT2D eigenvalue weighted by molar-refractivity contribution is 0.0931. The average molecular weight is 197 g/mol. The number of hydrogen-bond acceptors (Lipinski definition) is 3. The molecule has 1 aromatic rings. The van der Waals surface area contributed by atoms with E-state index in [1.165, 1.54) is 0 Å². The first-order valence-electron chi connectivity index (χ1n) is 4.58. The molecule has 1 amide bonds. The fraction of sp³-hybridized carbons (Fsp3) is 0.556. The summed E-state index contributed by atoms with van der Waals surface area (Å²) < 4.78 is 6.53. The highest BCUT2D eigenvalue weighted by atomic mass is 16.5. The van der Waals surface area contributed by atoms with Gasteiger partial charge in [0.2, 0.25) is 0 Å². The van der Waals surface area contributed by atoms with Gasteiger partial charge in [-0.15, -0.1) is 0 Å². The van der Waals surface area contributed by atoms with E-state index < -0.39 is 0 Å². The Balaban J connectivity index is 2.44. The van der Waals surface area contributed by atoms with E-state index in [4.69, 9.17) is 4.74 Å². The van der Waals surface area contributed by atoms with Crippen LogP contribution < -0.4 is 5.32 Å². The second-order valence-electron chi connectivity index (χ2n) is 2.81. The number of nitrogens with one attached hydrogen (secondary N) is 1. The Morgan fingerprint density at radius 1 is 1.71 bits per heavy atom. The van der Waals surface area contributed by atoms with Gasteiger partial charge >= 0.3 is 0 Å². The van der Waals surface area contributed by atoms with Gasteiger partial charge in [0.25, 0.3) is 5.91 Å². The minimum absolute atomic E-state index is 0.158. The van der Waals surface area contributed by atoms with Crippen LogP contribution in [0.15, 0.2) is 12.3 Å². The molecule has 0 bridgehead atoms. The van der Waals surface area contributed by atoms with Gasteiger partial charge in [-0.05, 0) is 13.0 Å². The molecule has 0 saturated heterocycles.